The lowest BCUT2D eigenvalue weighted by molar-refractivity contribution is 0.0732. The highest BCUT2D eigenvalue weighted by Crippen LogP contribution is 2.28. The fraction of sp³-hybridized carbons (Fsp3) is 0.0526. The molecule has 0 saturated carbocycles. The molecule has 3 rings (SSSR count). The van der Waals surface area contributed by atoms with E-state index in [2.05, 4.69) is 20.9 Å². The van der Waals surface area contributed by atoms with Gasteiger partial charge < -0.3 is 4.74 Å². The smallest absolute Gasteiger partial charge is 0.345 e. The number of sulfonamides is 1. The Bertz CT molecular complexity index is 1170. The number of anilines is 1. The van der Waals surface area contributed by atoms with Crippen molar-refractivity contribution in [3.8, 4) is 5.75 Å². The summed E-state index contributed by atoms with van der Waals surface area (Å²) >= 11 is 9.24. The molecule has 0 unspecified atom stereocenters. The SMILES string of the molecule is CN(c1ccc(F)cc1)S(=O)(=O)c1ccc(Cl)c(C(=O)Oc2cccnc2Br)c1. The van der Waals surface area contributed by atoms with E-state index < -0.39 is 21.8 Å². The third-order valence-electron chi connectivity index (χ3n) is 3.93. The van der Waals surface area contributed by atoms with Crippen LogP contribution in [0.15, 0.2) is 70.3 Å². The zero-order chi connectivity index (χ0) is 21.2. The summed E-state index contributed by atoms with van der Waals surface area (Å²) in [4.78, 5) is 16.3. The molecule has 0 bridgehead atoms. The van der Waals surface area contributed by atoms with Gasteiger partial charge in [-0.15, -0.1) is 0 Å². The van der Waals surface area contributed by atoms with Gasteiger partial charge in [0.2, 0.25) is 0 Å². The second-order valence-corrected chi connectivity index (χ2v) is 8.90. The molecule has 1 aromatic heterocycles. The second-order valence-electron chi connectivity index (χ2n) is 5.77. The fourth-order valence-corrected chi connectivity index (χ4v) is 4.12. The Hall–Kier alpha value is -2.49. The Kier molecular flexibility index (Phi) is 6.21. The van der Waals surface area contributed by atoms with Crippen molar-refractivity contribution in [3.05, 3.63) is 81.8 Å². The van der Waals surface area contributed by atoms with Crippen LogP contribution in [0.1, 0.15) is 10.4 Å². The molecule has 0 fully saturated rings. The van der Waals surface area contributed by atoms with Crippen LogP contribution >= 0.6 is 27.5 Å². The number of pyridine rings is 1. The highest BCUT2D eigenvalue weighted by Gasteiger charge is 2.24. The van der Waals surface area contributed by atoms with Crippen LogP contribution in [-0.2, 0) is 10.0 Å². The summed E-state index contributed by atoms with van der Waals surface area (Å²) in [5.41, 5.74) is 0.126. The molecule has 0 atom stereocenters. The maximum atomic E-state index is 13.1. The lowest BCUT2D eigenvalue weighted by Gasteiger charge is -2.20. The Labute approximate surface area is 180 Å². The average Bonchev–Trinajstić information content (AvgIpc) is 2.70. The maximum absolute atomic E-state index is 13.1. The van der Waals surface area contributed by atoms with Gasteiger partial charge in [0.1, 0.15) is 10.4 Å². The van der Waals surface area contributed by atoms with E-state index in [0.29, 0.717) is 4.60 Å². The lowest BCUT2D eigenvalue weighted by Crippen LogP contribution is -2.27. The lowest BCUT2D eigenvalue weighted by atomic mass is 10.2. The van der Waals surface area contributed by atoms with Crippen LogP contribution < -0.4 is 9.04 Å². The Morgan fingerprint density at radius 3 is 2.52 bits per heavy atom. The van der Waals surface area contributed by atoms with Crippen LogP contribution in [0.4, 0.5) is 10.1 Å². The summed E-state index contributed by atoms with van der Waals surface area (Å²) in [5, 5.41) is 0.0263. The first kappa shape index (κ1) is 21.2. The summed E-state index contributed by atoms with van der Waals surface area (Å²) < 4.78 is 45.5. The second kappa shape index (κ2) is 8.48. The zero-order valence-electron chi connectivity index (χ0n) is 14.8. The van der Waals surface area contributed by atoms with Gasteiger partial charge in [-0.1, -0.05) is 11.6 Å². The summed E-state index contributed by atoms with van der Waals surface area (Å²) in [5.74, 6) is -1.17. The Morgan fingerprint density at radius 2 is 1.86 bits per heavy atom. The van der Waals surface area contributed by atoms with Crippen LogP contribution in [0.2, 0.25) is 5.02 Å². The molecule has 150 valence electrons. The largest absolute Gasteiger partial charge is 0.420 e. The van der Waals surface area contributed by atoms with Crippen LogP contribution in [0, 0.1) is 5.82 Å². The number of carbonyl (C=O) groups is 1. The Balaban J connectivity index is 1.94. The maximum Gasteiger partial charge on any atom is 0.345 e. The molecule has 10 heteroatoms. The molecule has 0 radical (unpaired) electrons. The van der Waals surface area contributed by atoms with Crippen molar-refractivity contribution in [2.24, 2.45) is 0 Å². The Morgan fingerprint density at radius 1 is 1.17 bits per heavy atom. The highest BCUT2D eigenvalue weighted by molar-refractivity contribution is 9.10. The first-order chi connectivity index (χ1) is 13.7. The first-order valence-electron chi connectivity index (χ1n) is 8.07. The molecule has 1 heterocycles. The number of rotatable bonds is 5. The normalized spacial score (nSPS) is 11.2. The third-order valence-corrected chi connectivity index (χ3v) is 6.64. The van der Waals surface area contributed by atoms with Crippen LogP contribution in [0.25, 0.3) is 0 Å². The topological polar surface area (TPSA) is 76.6 Å². The molecule has 0 saturated heterocycles. The van der Waals surface area contributed by atoms with E-state index in [1.165, 1.54) is 43.6 Å². The van der Waals surface area contributed by atoms with Gasteiger partial charge in [0.05, 0.1) is 21.2 Å². The number of nitrogens with zero attached hydrogens (tertiary/aromatic N) is 2. The summed E-state index contributed by atoms with van der Waals surface area (Å²) in [6.07, 6.45) is 1.51. The van der Waals surface area contributed by atoms with Crippen molar-refractivity contribution in [1.82, 2.24) is 4.98 Å². The van der Waals surface area contributed by atoms with E-state index in [9.17, 15) is 17.6 Å². The number of hydrogen-bond donors (Lipinski definition) is 0. The molecule has 0 aliphatic carbocycles. The average molecular weight is 500 g/mol. The molecular weight excluding hydrogens is 487 g/mol. The minimum atomic E-state index is -4.04. The van der Waals surface area contributed by atoms with Gasteiger partial charge in [-0.25, -0.2) is 22.6 Å². The zero-order valence-corrected chi connectivity index (χ0v) is 18.0. The molecule has 0 amide bonds. The molecule has 0 aliphatic heterocycles. The molecule has 0 aliphatic rings. The highest BCUT2D eigenvalue weighted by atomic mass is 79.9. The summed E-state index contributed by atoms with van der Waals surface area (Å²) in [6, 6.07) is 11.8. The van der Waals surface area contributed by atoms with E-state index in [1.54, 1.807) is 6.07 Å². The van der Waals surface area contributed by atoms with Crippen molar-refractivity contribution in [2.75, 3.05) is 11.4 Å². The first-order valence-corrected chi connectivity index (χ1v) is 10.7. The van der Waals surface area contributed by atoms with Crippen molar-refractivity contribution >= 4 is 49.2 Å². The van der Waals surface area contributed by atoms with Crippen molar-refractivity contribution in [3.63, 3.8) is 0 Å². The number of carbonyl (C=O) groups excluding carboxylic acids is 1. The van der Waals surface area contributed by atoms with Gasteiger partial charge in [-0.3, -0.25) is 4.31 Å². The molecule has 0 spiro atoms. The molecule has 2 aromatic carbocycles. The standard InChI is InChI=1S/C19H13BrClFN2O4S/c1-24(13-6-4-12(22)5-7-13)29(26,27)14-8-9-16(21)15(11-14)19(25)28-17-3-2-10-23-18(17)20/h2-11H,1H3. The number of aromatic nitrogens is 1. The van der Waals surface area contributed by atoms with Crippen LogP contribution in [0.5, 0.6) is 5.75 Å². The van der Waals surface area contributed by atoms with E-state index in [-0.39, 0.29) is 26.9 Å². The van der Waals surface area contributed by atoms with E-state index in [4.69, 9.17) is 16.3 Å². The predicted molar refractivity (Wildman–Crippen MR) is 110 cm³/mol. The molecule has 0 N–H and O–H groups in total. The summed E-state index contributed by atoms with van der Waals surface area (Å²) in [6.45, 7) is 0. The van der Waals surface area contributed by atoms with Gasteiger partial charge in [0.25, 0.3) is 10.0 Å². The number of esters is 1. The molecule has 29 heavy (non-hydrogen) atoms. The van der Waals surface area contributed by atoms with Gasteiger partial charge in [0.15, 0.2) is 5.75 Å². The minimum absolute atomic E-state index is 0.0263. The quantitative estimate of drug-likeness (QED) is 0.376. The van der Waals surface area contributed by atoms with Crippen LogP contribution in [0.3, 0.4) is 0 Å². The van der Waals surface area contributed by atoms with Gasteiger partial charge in [-0.05, 0) is 70.5 Å². The van der Waals surface area contributed by atoms with E-state index >= 15 is 0 Å². The van der Waals surface area contributed by atoms with Crippen molar-refractivity contribution in [2.45, 2.75) is 4.90 Å². The van der Waals surface area contributed by atoms with Gasteiger partial charge in [-0.2, -0.15) is 0 Å². The molecular formula is C19H13BrClFN2O4S. The van der Waals surface area contributed by atoms with Crippen molar-refractivity contribution in [1.29, 1.82) is 0 Å². The number of hydrogen-bond acceptors (Lipinski definition) is 5. The predicted octanol–water partition coefficient (Wildman–Crippen LogP) is 4.68. The van der Waals surface area contributed by atoms with Crippen molar-refractivity contribution < 1.29 is 22.3 Å². The fourth-order valence-electron chi connectivity index (χ4n) is 2.37. The van der Waals surface area contributed by atoms with Gasteiger partial charge >= 0.3 is 5.97 Å². The number of halogens is 3. The number of benzene rings is 2. The van der Waals surface area contributed by atoms with Gasteiger partial charge in [0, 0.05) is 13.2 Å². The summed E-state index contributed by atoms with van der Waals surface area (Å²) in [7, 11) is -2.71. The molecule has 6 nitrogen and oxygen atoms in total. The monoisotopic (exact) mass is 498 g/mol. The van der Waals surface area contributed by atoms with E-state index in [0.717, 1.165) is 22.5 Å². The van der Waals surface area contributed by atoms with E-state index in [1.807, 2.05) is 0 Å². The number of ether oxygens (including phenoxy) is 1. The minimum Gasteiger partial charge on any atom is -0.420 e. The third kappa shape index (κ3) is 4.58. The van der Waals surface area contributed by atoms with Crippen LogP contribution in [-0.4, -0.2) is 26.4 Å². The molecule has 3 aromatic rings.